The monoisotopic (exact) mass is 551 g/mol. The summed E-state index contributed by atoms with van der Waals surface area (Å²) in [6.07, 6.45) is 1.78. The van der Waals surface area contributed by atoms with Crippen molar-refractivity contribution in [3.05, 3.63) is 39.8 Å². The van der Waals surface area contributed by atoms with Crippen LogP contribution in [0.3, 0.4) is 0 Å². The topological polar surface area (TPSA) is 61.8 Å². The molecule has 0 radical (unpaired) electrons. The Morgan fingerprint density at radius 3 is 2.80 bits per heavy atom. The third-order valence-electron chi connectivity index (χ3n) is 4.82. The van der Waals surface area contributed by atoms with Crippen LogP contribution in [-0.4, -0.2) is 50.3 Å². The molecule has 1 atom stereocenters. The van der Waals surface area contributed by atoms with Gasteiger partial charge in [0.2, 0.25) is 0 Å². The number of guanidine groups is 1. The molecule has 1 aromatic carbocycles. The molecule has 0 saturated carbocycles. The molecule has 166 valence electrons. The maximum Gasteiger partial charge on any atom is 0.387 e. The molecule has 0 amide bonds. The van der Waals surface area contributed by atoms with Gasteiger partial charge in [0, 0.05) is 44.0 Å². The Labute approximate surface area is 197 Å². The minimum Gasteiger partial charge on any atom is -0.433 e. The summed E-state index contributed by atoms with van der Waals surface area (Å²) in [7, 11) is 1.75. The number of ether oxygens (including phenoxy) is 1. The average Bonchev–Trinajstić information content (AvgIpc) is 3.27. The molecule has 2 aromatic rings. The highest BCUT2D eigenvalue weighted by atomic mass is 127. The number of nitrogens with one attached hydrogen (secondary N) is 2. The summed E-state index contributed by atoms with van der Waals surface area (Å²) in [5.74, 6) is 0.953. The third kappa shape index (κ3) is 6.66. The number of aryl methyl sites for hydroxylation is 2. The SMILES string of the molecule is CN=C(NCCc1sc(C)nc1C)NC1CCN(c2ccccc2OC(F)F)C1.I. The quantitative estimate of drug-likeness (QED) is 0.310. The Balaban J connectivity index is 0.00000320. The zero-order valence-corrected chi connectivity index (χ0v) is 20.5. The Hall–Kier alpha value is -1.69. The van der Waals surface area contributed by atoms with E-state index in [-0.39, 0.29) is 35.8 Å². The second-order valence-corrected chi connectivity index (χ2v) is 8.20. The highest BCUT2D eigenvalue weighted by Crippen LogP contribution is 2.31. The summed E-state index contributed by atoms with van der Waals surface area (Å²) in [6, 6.07) is 7.09. The molecule has 3 rings (SSSR count). The van der Waals surface area contributed by atoms with E-state index in [1.165, 1.54) is 4.88 Å². The second-order valence-electron chi connectivity index (χ2n) is 6.91. The van der Waals surface area contributed by atoms with E-state index in [0.717, 1.165) is 42.6 Å². The molecule has 2 heterocycles. The van der Waals surface area contributed by atoms with Crippen LogP contribution in [0.15, 0.2) is 29.3 Å². The first kappa shape index (κ1) is 24.6. The molecule has 10 heteroatoms. The van der Waals surface area contributed by atoms with Crippen molar-refractivity contribution in [2.24, 2.45) is 4.99 Å². The Morgan fingerprint density at radius 1 is 1.37 bits per heavy atom. The van der Waals surface area contributed by atoms with Gasteiger partial charge in [-0.2, -0.15) is 8.78 Å². The van der Waals surface area contributed by atoms with Gasteiger partial charge in [-0.3, -0.25) is 4.99 Å². The summed E-state index contributed by atoms with van der Waals surface area (Å²) in [4.78, 5) is 12.1. The smallest absolute Gasteiger partial charge is 0.387 e. The first-order chi connectivity index (χ1) is 14.0. The van der Waals surface area contributed by atoms with Gasteiger partial charge < -0.3 is 20.3 Å². The summed E-state index contributed by atoms with van der Waals surface area (Å²) < 4.78 is 30.0. The van der Waals surface area contributed by atoms with Crippen LogP contribution in [0.2, 0.25) is 0 Å². The van der Waals surface area contributed by atoms with Crippen LogP contribution in [0.25, 0.3) is 0 Å². The fourth-order valence-corrected chi connectivity index (χ4v) is 4.44. The van der Waals surface area contributed by atoms with E-state index in [2.05, 4.69) is 30.2 Å². The van der Waals surface area contributed by atoms with Crippen LogP contribution in [-0.2, 0) is 6.42 Å². The summed E-state index contributed by atoms with van der Waals surface area (Å²) in [6.45, 7) is 3.44. The number of para-hydroxylation sites is 2. The maximum absolute atomic E-state index is 12.7. The minimum atomic E-state index is -2.83. The van der Waals surface area contributed by atoms with Gasteiger partial charge in [-0.1, -0.05) is 12.1 Å². The molecule has 6 nitrogen and oxygen atoms in total. The van der Waals surface area contributed by atoms with E-state index >= 15 is 0 Å². The Kier molecular flexibility index (Phi) is 9.53. The Morgan fingerprint density at radius 2 is 2.13 bits per heavy atom. The van der Waals surface area contributed by atoms with Crippen LogP contribution in [0, 0.1) is 13.8 Å². The molecule has 1 saturated heterocycles. The highest BCUT2D eigenvalue weighted by molar-refractivity contribution is 14.0. The van der Waals surface area contributed by atoms with E-state index in [1.54, 1.807) is 30.5 Å². The molecule has 0 aliphatic carbocycles. The van der Waals surface area contributed by atoms with Crippen molar-refractivity contribution in [2.75, 3.05) is 31.6 Å². The van der Waals surface area contributed by atoms with Gasteiger partial charge in [0.1, 0.15) is 5.75 Å². The summed E-state index contributed by atoms with van der Waals surface area (Å²) >= 11 is 1.73. The van der Waals surface area contributed by atoms with Gasteiger partial charge in [-0.15, -0.1) is 35.3 Å². The molecular formula is C20H28F2IN5OS. The minimum absolute atomic E-state index is 0. The maximum atomic E-state index is 12.7. The molecule has 2 N–H and O–H groups in total. The number of anilines is 1. The predicted molar refractivity (Wildman–Crippen MR) is 129 cm³/mol. The van der Waals surface area contributed by atoms with Crippen molar-refractivity contribution in [3.8, 4) is 5.75 Å². The van der Waals surface area contributed by atoms with E-state index in [1.807, 2.05) is 26.0 Å². The lowest BCUT2D eigenvalue weighted by molar-refractivity contribution is -0.0495. The number of thiazole rings is 1. The van der Waals surface area contributed by atoms with E-state index in [4.69, 9.17) is 0 Å². The van der Waals surface area contributed by atoms with E-state index in [0.29, 0.717) is 12.2 Å². The zero-order chi connectivity index (χ0) is 20.8. The van der Waals surface area contributed by atoms with Crippen LogP contribution in [0.4, 0.5) is 14.5 Å². The lowest BCUT2D eigenvalue weighted by Gasteiger charge is -2.22. The molecule has 30 heavy (non-hydrogen) atoms. The summed E-state index contributed by atoms with van der Waals surface area (Å²) in [5, 5.41) is 7.86. The molecule has 1 fully saturated rings. The second kappa shape index (κ2) is 11.6. The van der Waals surface area contributed by atoms with Crippen LogP contribution in [0.1, 0.15) is 22.0 Å². The summed E-state index contributed by atoms with van der Waals surface area (Å²) in [5.41, 5.74) is 1.78. The lowest BCUT2D eigenvalue weighted by Crippen LogP contribution is -2.45. The van der Waals surface area contributed by atoms with Crippen molar-refractivity contribution >= 4 is 47.0 Å². The molecular weight excluding hydrogens is 523 g/mol. The van der Waals surface area contributed by atoms with Crippen LogP contribution in [0.5, 0.6) is 5.75 Å². The highest BCUT2D eigenvalue weighted by Gasteiger charge is 2.26. The number of alkyl halides is 2. The number of aliphatic imine (C=N–C) groups is 1. The molecule has 0 spiro atoms. The predicted octanol–water partition coefficient (Wildman–Crippen LogP) is 3.97. The largest absolute Gasteiger partial charge is 0.433 e. The number of hydrogen-bond acceptors (Lipinski definition) is 5. The number of halogens is 3. The van der Waals surface area contributed by atoms with Crippen molar-refractivity contribution in [3.63, 3.8) is 0 Å². The molecule has 1 aliphatic rings. The molecule has 1 aromatic heterocycles. The number of nitrogens with zero attached hydrogens (tertiary/aromatic N) is 3. The van der Waals surface area contributed by atoms with Gasteiger partial charge in [-0.25, -0.2) is 4.98 Å². The van der Waals surface area contributed by atoms with Crippen molar-refractivity contribution in [1.82, 2.24) is 15.6 Å². The van der Waals surface area contributed by atoms with Gasteiger partial charge >= 0.3 is 6.61 Å². The lowest BCUT2D eigenvalue weighted by atomic mass is 10.2. The first-order valence-electron chi connectivity index (χ1n) is 9.65. The number of rotatable bonds is 7. The third-order valence-corrected chi connectivity index (χ3v) is 5.95. The van der Waals surface area contributed by atoms with Crippen molar-refractivity contribution in [2.45, 2.75) is 39.3 Å². The van der Waals surface area contributed by atoms with Gasteiger partial charge in [0.05, 0.1) is 16.4 Å². The van der Waals surface area contributed by atoms with Crippen molar-refractivity contribution < 1.29 is 13.5 Å². The van der Waals surface area contributed by atoms with E-state index < -0.39 is 6.61 Å². The van der Waals surface area contributed by atoms with Crippen LogP contribution >= 0.6 is 35.3 Å². The standard InChI is InChI=1S/C20H27F2N5OS.HI/c1-13-18(29-14(2)25-13)8-10-24-20(23-3)26-15-9-11-27(12-15)16-6-4-5-7-17(16)28-19(21)22;/h4-7,15,19H,8-12H2,1-3H3,(H2,23,24,26);1H. The molecule has 0 bridgehead atoms. The fraction of sp³-hybridized carbons (Fsp3) is 0.500. The van der Waals surface area contributed by atoms with Crippen LogP contribution < -0.4 is 20.3 Å². The zero-order valence-electron chi connectivity index (χ0n) is 17.3. The average molecular weight is 551 g/mol. The van der Waals surface area contributed by atoms with Gasteiger partial charge in [0.15, 0.2) is 5.96 Å². The number of benzene rings is 1. The molecule has 1 unspecified atom stereocenters. The molecule has 1 aliphatic heterocycles. The van der Waals surface area contributed by atoms with Gasteiger partial charge in [-0.05, 0) is 32.4 Å². The number of hydrogen-bond donors (Lipinski definition) is 2. The fourth-order valence-electron chi connectivity index (χ4n) is 3.50. The van der Waals surface area contributed by atoms with E-state index in [9.17, 15) is 8.78 Å². The van der Waals surface area contributed by atoms with Crippen molar-refractivity contribution in [1.29, 1.82) is 0 Å². The number of aromatic nitrogens is 1. The Bertz CT molecular complexity index is 848. The normalized spacial score (nSPS) is 16.5. The van der Waals surface area contributed by atoms with Gasteiger partial charge in [0.25, 0.3) is 0 Å². The first-order valence-corrected chi connectivity index (χ1v) is 10.5.